The number of carboxylic acid groups (broad SMARTS) is 2. The SMILES string of the molecule is O=C([O-])C(F)(F)F.O=C([O-])C(F)(F)F.[Pt+2]. The zero-order valence-electron chi connectivity index (χ0n) is 6.22. The summed E-state index contributed by atoms with van der Waals surface area (Å²) < 4.78 is 63.1. The quantitative estimate of drug-likeness (QED) is 0.451. The van der Waals surface area contributed by atoms with Gasteiger partial charge in [-0.1, -0.05) is 0 Å². The van der Waals surface area contributed by atoms with Gasteiger partial charge in [0.25, 0.3) is 0 Å². The molecule has 0 fully saturated rings. The zero-order chi connectivity index (χ0) is 12.2. The van der Waals surface area contributed by atoms with Gasteiger partial charge < -0.3 is 19.8 Å². The van der Waals surface area contributed by atoms with Crippen LogP contribution in [0.15, 0.2) is 0 Å². The number of carbonyl (C=O) groups excluding carboxylic acids is 2. The number of rotatable bonds is 0. The van der Waals surface area contributed by atoms with Crippen LogP contribution in [0.3, 0.4) is 0 Å². The minimum atomic E-state index is -5.19. The molecule has 0 aromatic heterocycles. The van der Waals surface area contributed by atoms with E-state index in [1.165, 1.54) is 0 Å². The number of carboxylic acids is 2. The summed E-state index contributed by atoms with van der Waals surface area (Å²) in [6.45, 7) is 0. The second kappa shape index (κ2) is 6.65. The number of aliphatic carboxylic acids is 2. The summed E-state index contributed by atoms with van der Waals surface area (Å²) in [7, 11) is 0. The van der Waals surface area contributed by atoms with E-state index in [4.69, 9.17) is 19.8 Å². The molecule has 0 bridgehead atoms. The molecular formula is C4F6O4Pt. The Morgan fingerprint density at radius 1 is 0.733 bits per heavy atom. The molecule has 0 aliphatic heterocycles. The zero-order valence-corrected chi connectivity index (χ0v) is 8.49. The van der Waals surface area contributed by atoms with Crippen molar-refractivity contribution in [3.63, 3.8) is 0 Å². The Balaban J connectivity index is -0.000000180. The molecular weight excluding hydrogens is 421 g/mol. The van der Waals surface area contributed by atoms with Crippen molar-refractivity contribution >= 4 is 11.9 Å². The molecule has 0 aliphatic rings. The van der Waals surface area contributed by atoms with Gasteiger partial charge in [-0.25, -0.2) is 0 Å². The van der Waals surface area contributed by atoms with E-state index in [1.807, 2.05) is 0 Å². The van der Waals surface area contributed by atoms with Crippen LogP contribution in [0, 0.1) is 0 Å². The Hall–Kier alpha value is -0.792. The molecule has 0 radical (unpaired) electrons. The predicted molar refractivity (Wildman–Crippen MR) is 22.1 cm³/mol. The smallest absolute Gasteiger partial charge is 0.542 e. The van der Waals surface area contributed by atoms with E-state index in [1.54, 1.807) is 0 Å². The molecule has 15 heavy (non-hydrogen) atoms. The average Bonchev–Trinajstić information content (AvgIpc) is 1.83. The third-order valence-corrected chi connectivity index (χ3v) is 0.463. The van der Waals surface area contributed by atoms with Crippen LogP contribution in [0.4, 0.5) is 26.3 Å². The van der Waals surface area contributed by atoms with E-state index in [-0.39, 0.29) is 21.1 Å². The molecule has 0 saturated carbocycles. The molecule has 0 saturated heterocycles. The number of halogens is 6. The van der Waals surface area contributed by atoms with Crippen LogP contribution in [-0.4, -0.2) is 24.3 Å². The summed E-state index contributed by atoms with van der Waals surface area (Å²) >= 11 is 0. The van der Waals surface area contributed by atoms with Gasteiger partial charge in [-0.15, -0.1) is 0 Å². The van der Waals surface area contributed by atoms with Gasteiger partial charge in [0.05, 0.1) is 0 Å². The fourth-order valence-corrected chi connectivity index (χ4v) is 0. The van der Waals surface area contributed by atoms with Gasteiger partial charge in [0.2, 0.25) is 0 Å². The van der Waals surface area contributed by atoms with Crippen molar-refractivity contribution < 1.29 is 67.2 Å². The van der Waals surface area contributed by atoms with Crippen LogP contribution in [0.2, 0.25) is 0 Å². The maximum absolute atomic E-state index is 10.5. The average molecular weight is 421 g/mol. The summed E-state index contributed by atoms with van der Waals surface area (Å²) in [5, 5.41) is 17.6. The molecule has 0 heterocycles. The van der Waals surface area contributed by atoms with Crippen molar-refractivity contribution in [2.24, 2.45) is 0 Å². The van der Waals surface area contributed by atoms with Crippen molar-refractivity contribution in [3.8, 4) is 0 Å². The van der Waals surface area contributed by atoms with Gasteiger partial charge in [0.15, 0.2) is 0 Å². The topological polar surface area (TPSA) is 80.3 Å². The van der Waals surface area contributed by atoms with Crippen LogP contribution < -0.4 is 10.2 Å². The van der Waals surface area contributed by atoms with Crippen LogP contribution >= 0.6 is 0 Å². The van der Waals surface area contributed by atoms with E-state index in [9.17, 15) is 26.3 Å². The minimum Gasteiger partial charge on any atom is -0.542 e. The van der Waals surface area contributed by atoms with Crippen molar-refractivity contribution in [2.75, 3.05) is 0 Å². The summed E-state index contributed by atoms with van der Waals surface area (Å²) in [4.78, 5) is 17.6. The molecule has 0 aromatic carbocycles. The fourth-order valence-electron chi connectivity index (χ4n) is 0. The molecule has 0 N–H and O–H groups in total. The van der Waals surface area contributed by atoms with E-state index in [0.717, 1.165) is 0 Å². The molecule has 4 nitrogen and oxygen atoms in total. The number of alkyl halides is 6. The normalized spacial score (nSPS) is 10.5. The summed E-state index contributed by atoms with van der Waals surface area (Å²) in [5.74, 6) is -6.01. The third-order valence-electron chi connectivity index (χ3n) is 0.463. The van der Waals surface area contributed by atoms with Crippen molar-refractivity contribution in [2.45, 2.75) is 12.4 Å². The minimum absolute atomic E-state index is 0. The molecule has 0 rings (SSSR count). The Bertz CT molecular complexity index is 196. The molecule has 11 heteroatoms. The second-order valence-corrected chi connectivity index (χ2v) is 1.57. The summed E-state index contributed by atoms with van der Waals surface area (Å²) in [5.41, 5.74) is 0. The fraction of sp³-hybridized carbons (Fsp3) is 0.500. The molecule has 0 amide bonds. The van der Waals surface area contributed by atoms with Gasteiger partial charge in [0, 0.05) is 0 Å². The Morgan fingerprint density at radius 2 is 0.800 bits per heavy atom. The Morgan fingerprint density at radius 3 is 0.800 bits per heavy atom. The van der Waals surface area contributed by atoms with Crippen molar-refractivity contribution in [1.29, 1.82) is 0 Å². The van der Waals surface area contributed by atoms with Gasteiger partial charge >= 0.3 is 33.4 Å². The Kier molecular flexibility index (Phi) is 8.74. The van der Waals surface area contributed by atoms with Gasteiger partial charge in [-0.2, -0.15) is 26.3 Å². The number of carbonyl (C=O) groups is 2. The molecule has 92 valence electrons. The molecule has 0 atom stereocenters. The van der Waals surface area contributed by atoms with E-state index in [0.29, 0.717) is 0 Å². The molecule has 0 aliphatic carbocycles. The van der Waals surface area contributed by atoms with Gasteiger partial charge in [-0.05, 0) is 0 Å². The van der Waals surface area contributed by atoms with Gasteiger partial charge in [-0.3, -0.25) is 0 Å². The number of hydrogen-bond donors (Lipinski definition) is 0. The largest absolute Gasteiger partial charge is 2.00 e. The molecule has 0 unspecified atom stereocenters. The van der Waals surface area contributed by atoms with Gasteiger partial charge in [0.1, 0.15) is 11.9 Å². The number of hydrogen-bond acceptors (Lipinski definition) is 4. The third kappa shape index (κ3) is 13.2. The second-order valence-electron chi connectivity index (χ2n) is 1.57. The first kappa shape index (κ1) is 19.7. The van der Waals surface area contributed by atoms with Crippen molar-refractivity contribution in [3.05, 3.63) is 0 Å². The summed E-state index contributed by atoms with van der Waals surface area (Å²) in [6.07, 6.45) is -10.4. The summed E-state index contributed by atoms with van der Waals surface area (Å²) in [6, 6.07) is 0. The monoisotopic (exact) mass is 421 g/mol. The standard InChI is InChI=1S/2C2HF3O2.Pt/c2*3-2(4,5)1(6)7;/h2*(H,6,7);/q;;+2/p-2. The first-order chi connectivity index (χ1) is 5.89. The Labute approximate surface area is 92.1 Å². The first-order valence-electron chi connectivity index (χ1n) is 2.45. The van der Waals surface area contributed by atoms with Crippen LogP contribution in [0.1, 0.15) is 0 Å². The van der Waals surface area contributed by atoms with Crippen LogP contribution in [0.25, 0.3) is 0 Å². The van der Waals surface area contributed by atoms with Crippen molar-refractivity contribution in [1.82, 2.24) is 0 Å². The predicted octanol–water partition coefficient (Wildman–Crippen LogP) is -1.41. The van der Waals surface area contributed by atoms with E-state index < -0.39 is 24.3 Å². The molecule has 0 spiro atoms. The van der Waals surface area contributed by atoms with E-state index in [2.05, 4.69) is 0 Å². The van der Waals surface area contributed by atoms with Crippen LogP contribution in [0.5, 0.6) is 0 Å². The maximum Gasteiger partial charge on any atom is 2.00 e. The van der Waals surface area contributed by atoms with Crippen LogP contribution in [-0.2, 0) is 30.7 Å². The first-order valence-corrected chi connectivity index (χ1v) is 2.45. The van der Waals surface area contributed by atoms with E-state index >= 15 is 0 Å². The molecule has 0 aromatic rings. The maximum atomic E-state index is 10.5.